The van der Waals surface area contributed by atoms with E-state index in [1.165, 1.54) is 0 Å². The summed E-state index contributed by atoms with van der Waals surface area (Å²) in [5.41, 5.74) is 8.46. The van der Waals surface area contributed by atoms with E-state index in [0.717, 1.165) is 65.4 Å². The Labute approximate surface area is 247 Å². The van der Waals surface area contributed by atoms with Gasteiger partial charge in [0.1, 0.15) is 23.0 Å². The smallest absolute Gasteiger partial charge is 0.122 e. The molecule has 0 spiro atoms. The summed E-state index contributed by atoms with van der Waals surface area (Å²) in [5, 5.41) is 42.7. The zero-order valence-electron chi connectivity index (χ0n) is 24.2. The molecule has 4 aromatic rings. The van der Waals surface area contributed by atoms with E-state index in [1.807, 2.05) is 76.2 Å². The second-order valence-corrected chi connectivity index (χ2v) is 11.9. The third-order valence-electron chi connectivity index (χ3n) is 7.34. The highest BCUT2D eigenvalue weighted by atomic mass is 32.2. The number of aryl methyl sites for hydroxylation is 4. The Kier molecular flexibility index (Phi) is 9.19. The van der Waals surface area contributed by atoms with Crippen LogP contribution in [0.1, 0.15) is 55.6 Å². The molecule has 0 aromatic heterocycles. The van der Waals surface area contributed by atoms with Gasteiger partial charge in [-0.25, -0.2) is 0 Å². The monoisotopic (exact) mass is 566 g/mol. The van der Waals surface area contributed by atoms with Crippen molar-refractivity contribution in [2.75, 3.05) is 0 Å². The topological polar surface area (TPSA) is 80.9 Å². The summed E-state index contributed by atoms with van der Waals surface area (Å²) >= 11 is 1.58. The van der Waals surface area contributed by atoms with Crippen LogP contribution in [0.5, 0.6) is 23.0 Å². The normalized spacial score (nSPS) is 11.0. The average molecular weight is 567 g/mol. The van der Waals surface area contributed by atoms with Crippen molar-refractivity contribution in [1.29, 1.82) is 0 Å². The molecule has 0 radical (unpaired) electrons. The fourth-order valence-corrected chi connectivity index (χ4v) is 6.41. The lowest BCUT2D eigenvalue weighted by Gasteiger charge is -2.16. The van der Waals surface area contributed by atoms with Gasteiger partial charge in [-0.15, -0.1) is 13.2 Å². The number of rotatable bonds is 10. The van der Waals surface area contributed by atoms with Gasteiger partial charge in [0, 0.05) is 22.6 Å². The van der Waals surface area contributed by atoms with Crippen molar-refractivity contribution in [1.82, 2.24) is 0 Å². The van der Waals surface area contributed by atoms with Crippen LogP contribution in [0.25, 0.3) is 0 Å². The zero-order valence-corrected chi connectivity index (χ0v) is 25.0. The maximum absolute atomic E-state index is 11.1. The maximum Gasteiger partial charge on any atom is 0.122 e. The van der Waals surface area contributed by atoms with Crippen molar-refractivity contribution in [2.24, 2.45) is 0 Å². The highest BCUT2D eigenvalue weighted by molar-refractivity contribution is 7.99. The molecule has 41 heavy (non-hydrogen) atoms. The Balaban J connectivity index is 1.74. The Morgan fingerprint density at radius 3 is 1.15 bits per heavy atom. The number of benzene rings is 4. The molecule has 0 saturated heterocycles. The molecule has 212 valence electrons. The number of hydrogen-bond donors (Lipinski definition) is 4. The SMILES string of the molecule is C=CCc1cc(Sc2cc(CC=C)c(O)c(Cc3cc(C)c(O)c(C)c3)c2)cc(Cc2cc(C)c(O)c(C)c2)c1O. The van der Waals surface area contributed by atoms with Crippen molar-refractivity contribution < 1.29 is 20.4 Å². The second kappa shape index (κ2) is 12.6. The van der Waals surface area contributed by atoms with Crippen molar-refractivity contribution in [3.8, 4) is 23.0 Å². The average Bonchev–Trinajstić information content (AvgIpc) is 2.91. The van der Waals surface area contributed by atoms with Crippen molar-refractivity contribution in [2.45, 2.75) is 63.2 Å². The molecule has 0 unspecified atom stereocenters. The summed E-state index contributed by atoms with van der Waals surface area (Å²) in [6.45, 7) is 15.3. The summed E-state index contributed by atoms with van der Waals surface area (Å²) in [6.07, 6.45) is 5.67. The Morgan fingerprint density at radius 1 is 0.512 bits per heavy atom. The van der Waals surface area contributed by atoms with E-state index in [-0.39, 0.29) is 11.5 Å². The standard InChI is InChI=1S/C36H38O4S/c1-7-9-27-17-31(19-29(35(27)39)15-25-11-21(3)33(37)22(4)12-25)41-32-18-28(10-8-2)36(40)30(20-32)16-26-13-23(5)34(38)24(6)14-26/h7-8,11-14,17-20,37-40H,1-2,9-10,15-16H2,3-6H3. The molecule has 0 atom stereocenters. The van der Waals surface area contributed by atoms with Crippen molar-refractivity contribution in [3.05, 3.63) is 129 Å². The second-order valence-electron chi connectivity index (χ2n) is 10.8. The van der Waals surface area contributed by atoms with Gasteiger partial charge in [-0.1, -0.05) is 48.2 Å². The van der Waals surface area contributed by atoms with Gasteiger partial charge in [-0.2, -0.15) is 0 Å². The van der Waals surface area contributed by atoms with Gasteiger partial charge in [0.05, 0.1) is 0 Å². The number of allylic oxidation sites excluding steroid dienone is 2. The lowest BCUT2D eigenvalue weighted by molar-refractivity contribution is 0.462. The first kappa shape index (κ1) is 29.9. The minimum absolute atomic E-state index is 0.259. The van der Waals surface area contributed by atoms with Crippen LogP contribution in [0.15, 0.2) is 83.6 Å². The van der Waals surface area contributed by atoms with E-state index < -0.39 is 0 Å². The van der Waals surface area contributed by atoms with Crippen LogP contribution in [0.3, 0.4) is 0 Å². The van der Waals surface area contributed by atoms with E-state index in [4.69, 9.17) is 0 Å². The van der Waals surface area contributed by atoms with E-state index in [9.17, 15) is 20.4 Å². The van der Waals surface area contributed by atoms with E-state index in [0.29, 0.717) is 37.2 Å². The van der Waals surface area contributed by atoms with Gasteiger partial charge in [-0.3, -0.25) is 0 Å². The molecule has 0 fully saturated rings. The molecule has 0 heterocycles. The first-order valence-electron chi connectivity index (χ1n) is 13.7. The van der Waals surface area contributed by atoms with Crippen LogP contribution in [0.2, 0.25) is 0 Å². The molecule has 4 aromatic carbocycles. The maximum atomic E-state index is 11.1. The molecule has 0 aliphatic rings. The highest BCUT2D eigenvalue weighted by Crippen LogP contribution is 2.39. The Morgan fingerprint density at radius 2 is 0.829 bits per heavy atom. The third-order valence-corrected chi connectivity index (χ3v) is 8.28. The van der Waals surface area contributed by atoms with Crippen molar-refractivity contribution >= 4 is 11.8 Å². The molecule has 0 aliphatic heterocycles. The predicted molar refractivity (Wildman–Crippen MR) is 169 cm³/mol. The molecule has 4 rings (SSSR count). The lowest BCUT2D eigenvalue weighted by atomic mass is 9.97. The Hall–Kier alpha value is -4.09. The van der Waals surface area contributed by atoms with E-state index >= 15 is 0 Å². The Bertz CT molecular complexity index is 1470. The largest absolute Gasteiger partial charge is 0.507 e. The van der Waals surface area contributed by atoms with Crippen LogP contribution in [-0.2, 0) is 25.7 Å². The minimum atomic E-state index is 0.259. The van der Waals surface area contributed by atoms with Gasteiger partial charge in [0.15, 0.2) is 0 Å². The summed E-state index contributed by atoms with van der Waals surface area (Å²) in [7, 11) is 0. The summed E-state index contributed by atoms with van der Waals surface area (Å²) in [5.74, 6) is 1.11. The molecule has 4 nitrogen and oxygen atoms in total. The molecule has 0 saturated carbocycles. The van der Waals surface area contributed by atoms with Gasteiger partial charge in [0.25, 0.3) is 0 Å². The van der Waals surface area contributed by atoms with Crippen LogP contribution in [0, 0.1) is 27.7 Å². The molecule has 0 bridgehead atoms. The van der Waals surface area contributed by atoms with Crippen molar-refractivity contribution in [3.63, 3.8) is 0 Å². The van der Waals surface area contributed by atoms with Gasteiger partial charge < -0.3 is 20.4 Å². The number of hydrogen-bond acceptors (Lipinski definition) is 5. The number of phenolic OH excluding ortho intramolecular Hbond substituents is 4. The van der Waals surface area contributed by atoms with Crippen LogP contribution >= 0.6 is 11.8 Å². The minimum Gasteiger partial charge on any atom is -0.507 e. The molecule has 0 amide bonds. The zero-order chi connectivity index (χ0) is 29.8. The molecule has 5 heteroatoms. The predicted octanol–water partition coefficient (Wildman–Crippen LogP) is 8.53. The van der Waals surface area contributed by atoms with Gasteiger partial charge in [0.2, 0.25) is 0 Å². The fraction of sp³-hybridized carbons (Fsp3) is 0.222. The van der Waals surface area contributed by atoms with Gasteiger partial charge >= 0.3 is 0 Å². The van der Waals surface area contributed by atoms with Crippen LogP contribution in [0.4, 0.5) is 0 Å². The number of phenols is 4. The van der Waals surface area contributed by atoms with Crippen LogP contribution < -0.4 is 0 Å². The number of aromatic hydroxyl groups is 4. The summed E-state index contributed by atoms with van der Waals surface area (Å²) in [4.78, 5) is 1.94. The summed E-state index contributed by atoms with van der Waals surface area (Å²) in [6, 6.07) is 15.8. The highest BCUT2D eigenvalue weighted by Gasteiger charge is 2.16. The third kappa shape index (κ3) is 6.80. The molecular weight excluding hydrogens is 528 g/mol. The van der Waals surface area contributed by atoms with E-state index in [1.54, 1.807) is 23.9 Å². The lowest BCUT2D eigenvalue weighted by Crippen LogP contribution is -1.97. The summed E-state index contributed by atoms with van der Waals surface area (Å²) < 4.78 is 0. The molecular formula is C36H38O4S. The molecule has 0 aliphatic carbocycles. The first-order valence-corrected chi connectivity index (χ1v) is 14.5. The fourth-order valence-electron chi connectivity index (χ4n) is 5.34. The molecule has 4 N–H and O–H groups in total. The quantitative estimate of drug-likeness (QED) is 0.145. The van der Waals surface area contributed by atoms with Gasteiger partial charge in [-0.05, 0) is 120 Å². The van der Waals surface area contributed by atoms with E-state index in [2.05, 4.69) is 13.2 Å². The first-order chi connectivity index (χ1) is 19.5. The van der Waals surface area contributed by atoms with Crippen LogP contribution in [-0.4, -0.2) is 20.4 Å².